The Morgan fingerprint density at radius 2 is 1.76 bits per heavy atom. The zero-order valence-electron chi connectivity index (χ0n) is 16.9. The Balaban J connectivity index is 1.56. The number of fused-ring (bicyclic) bond motifs is 1. The number of thiophene rings is 1. The van der Waals surface area contributed by atoms with Gasteiger partial charge in [0, 0.05) is 10.9 Å². The number of halogens is 6. The van der Waals surface area contributed by atoms with Crippen LogP contribution in [0.15, 0.2) is 52.6 Å². The Morgan fingerprint density at radius 1 is 1.06 bits per heavy atom. The molecule has 0 unspecified atom stereocenters. The molecule has 0 saturated carbocycles. The molecule has 1 amide bonds. The molecule has 4 rings (SSSR count). The maximum Gasteiger partial charge on any atom is 0.433 e. The van der Waals surface area contributed by atoms with Gasteiger partial charge in [0.25, 0.3) is 5.56 Å². The number of carbonyl (C=O) groups is 1. The first kappa shape index (κ1) is 23.5. The van der Waals surface area contributed by atoms with Crippen molar-refractivity contribution < 1.29 is 31.1 Å². The summed E-state index contributed by atoms with van der Waals surface area (Å²) in [7, 11) is 0. The lowest BCUT2D eigenvalue weighted by Crippen LogP contribution is -2.26. The molecule has 0 bridgehead atoms. The molecule has 13 heteroatoms. The summed E-state index contributed by atoms with van der Waals surface area (Å²) < 4.78 is 79.3. The topological polar surface area (TPSA) is 79.3 Å². The van der Waals surface area contributed by atoms with Crippen LogP contribution in [0.5, 0.6) is 0 Å². The zero-order chi connectivity index (χ0) is 24.7. The van der Waals surface area contributed by atoms with Gasteiger partial charge in [-0.2, -0.15) is 26.3 Å². The fraction of sp³-hybridized carbons (Fsp3) is 0.190. The predicted molar refractivity (Wildman–Crippen MR) is 111 cm³/mol. The maximum absolute atomic E-state index is 13.6. The van der Waals surface area contributed by atoms with E-state index in [1.165, 1.54) is 18.2 Å². The molecule has 6 nitrogen and oxygen atoms in total. The standard InChI is InChI=1S/C21H14F6N4O2S/c22-20(23,24)12-5-3-11(4-6-12)8-15(32)28-10-13-9-16(33)31-19(29-13)17(14-2-1-7-34-14)18(30-31)21(25,26)27/h1-7,9,30H,8,10H2,(H,28,32). The maximum atomic E-state index is 13.6. The van der Waals surface area contributed by atoms with E-state index in [0.29, 0.717) is 10.1 Å². The second kappa shape index (κ2) is 8.63. The number of rotatable bonds is 5. The lowest BCUT2D eigenvalue weighted by Gasteiger charge is -2.08. The molecular weight excluding hydrogens is 486 g/mol. The number of nitrogens with zero attached hydrogens (tertiary/aromatic N) is 2. The van der Waals surface area contributed by atoms with Gasteiger partial charge in [-0.15, -0.1) is 11.3 Å². The first-order chi connectivity index (χ1) is 15.9. The average molecular weight is 500 g/mol. The quantitative estimate of drug-likeness (QED) is 0.392. The number of amides is 1. The molecule has 0 fully saturated rings. The third-order valence-electron chi connectivity index (χ3n) is 4.83. The Kier molecular flexibility index (Phi) is 5.98. The van der Waals surface area contributed by atoms with Crippen LogP contribution in [0.4, 0.5) is 26.3 Å². The van der Waals surface area contributed by atoms with Crippen molar-refractivity contribution in [3.05, 3.63) is 80.7 Å². The highest BCUT2D eigenvalue weighted by Gasteiger charge is 2.38. The van der Waals surface area contributed by atoms with Crippen molar-refractivity contribution in [1.29, 1.82) is 0 Å². The van der Waals surface area contributed by atoms with Crippen LogP contribution in [0.1, 0.15) is 22.5 Å². The molecule has 3 heterocycles. The first-order valence-corrected chi connectivity index (χ1v) is 10.5. The van der Waals surface area contributed by atoms with Gasteiger partial charge in [0.15, 0.2) is 5.65 Å². The summed E-state index contributed by atoms with van der Waals surface area (Å²) in [6.45, 7) is -0.262. The zero-order valence-corrected chi connectivity index (χ0v) is 17.7. The predicted octanol–water partition coefficient (Wildman–Crippen LogP) is 4.65. The van der Waals surface area contributed by atoms with Crippen molar-refractivity contribution in [3.8, 4) is 10.4 Å². The third kappa shape index (κ3) is 4.83. The summed E-state index contributed by atoms with van der Waals surface area (Å²) in [5.74, 6) is -0.565. The molecule has 0 aliphatic carbocycles. The lowest BCUT2D eigenvalue weighted by molar-refractivity contribution is -0.141. The van der Waals surface area contributed by atoms with Gasteiger partial charge in [-0.05, 0) is 29.1 Å². The molecule has 34 heavy (non-hydrogen) atoms. The Labute approximate surface area is 190 Å². The summed E-state index contributed by atoms with van der Waals surface area (Å²) in [5.41, 5.74) is -2.94. The Bertz CT molecular complexity index is 1390. The second-order valence-corrected chi connectivity index (χ2v) is 8.18. The van der Waals surface area contributed by atoms with Gasteiger partial charge >= 0.3 is 12.4 Å². The van der Waals surface area contributed by atoms with Crippen LogP contribution < -0.4 is 10.9 Å². The summed E-state index contributed by atoms with van der Waals surface area (Å²) in [6.07, 6.45) is -9.50. The molecule has 4 aromatic rings. The lowest BCUT2D eigenvalue weighted by atomic mass is 10.1. The van der Waals surface area contributed by atoms with Crippen molar-refractivity contribution in [2.24, 2.45) is 0 Å². The summed E-state index contributed by atoms with van der Waals surface area (Å²) in [5, 5.41) is 6.12. The highest BCUT2D eigenvalue weighted by Crippen LogP contribution is 2.39. The van der Waals surface area contributed by atoms with Gasteiger partial charge in [-0.3, -0.25) is 14.7 Å². The Hall–Kier alpha value is -3.61. The van der Waals surface area contributed by atoms with Crippen LogP contribution in [0, 0.1) is 0 Å². The van der Waals surface area contributed by atoms with Gasteiger partial charge < -0.3 is 5.32 Å². The number of hydrogen-bond acceptors (Lipinski definition) is 4. The van der Waals surface area contributed by atoms with E-state index in [2.05, 4.69) is 15.4 Å². The van der Waals surface area contributed by atoms with E-state index in [-0.39, 0.29) is 34.7 Å². The number of carbonyl (C=O) groups excluding carboxylic acids is 1. The van der Waals surface area contributed by atoms with E-state index in [1.807, 2.05) is 0 Å². The van der Waals surface area contributed by atoms with Crippen LogP contribution in [-0.4, -0.2) is 20.5 Å². The van der Waals surface area contributed by atoms with Crippen LogP contribution in [0.3, 0.4) is 0 Å². The van der Waals surface area contributed by atoms with Gasteiger partial charge in [0.05, 0.1) is 29.8 Å². The average Bonchev–Trinajstić information content (AvgIpc) is 3.39. The van der Waals surface area contributed by atoms with Gasteiger partial charge in [0.1, 0.15) is 5.69 Å². The second-order valence-electron chi connectivity index (χ2n) is 7.23. The highest BCUT2D eigenvalue weighted by atomic mass is 32.1. The highest BCUT2D eigenvalue weighted by molar-refractivity contribution is 7.13. The van der Waals surface area contributed by atoms with Crippen molar-refractivity contribution >= 4 is 22.9 Å². The third-order valence-corrected chi connectivity index (χ3v) is 5.72. The van der Waals surface area contributed by atoms with E-state index in [0.717, 1.165) is 29.5 Å². The number of benzene rings is 1. The number of aromatic nitrogens is 3. The van der Waals surface area contributed by atoms with E-state index in [1.54, 1.807) is 11.4 Å². The number of H-pyrrole nitrogens is 1. The van der Waals surface area contributed by atoms with E-state index in [4.69, 9.17) is 0 Å². The molecule has 0 saturated heterocycles. The van der Waals surface area contributed by atoms with Gasteiger partial charge in [-0.1, -0.05) is 18.2 Å². The van der Waals surface area contributed by atoms with Crippen LogP contribution in [0.25, 0.3) is 16.1 Å². The molecule has 1 aromatic carbocycles. The fourth-order valence-electron chi connectivity index (χ4n) is 3.28. The summed E-state index contributed by atoms with van der Waals surface area (Å²) in [6, 6.07) is 8.07. The van der Waals surface area contributed by atoms with Crippen LogP contribution >= 0.6 is 11.3 Å². The fourth-order valence-corrected chi connectivity index (χ4v) is 4.06. The van der Waals surface area contributed by atoms with Crippen molar-refractivity contribution in [3.63, 3.8) is 0 Å². The monoisotopic (exact) mass is 500 g/mol. The molecule has 0 spiro atoms. The van der Waals surface area contributed by atoms with Crippen molar-refractivity contribution in [2.45, 2.75) is 25.3 Å². The van der Waals surface area contributed by atoms with Gasteiger partial charge in [0.2, 0.25) is 5.91 Å². The molecule has 178 valence electrons. The normalized spacial score (nSPS) is 12.3. The Morgan fingerprint density at radius 3 is 2.35 bits per heavy atom. The molecular formula is C21H14F6N4O2S. The smallest absolute Gasteiger partial charge is 0.350 e. The molecule has 3 aromatic heterocycles. The minimum Gasteiger partial charge on any atom is -0.350 e. The number of aromatic amines is 1. The summed E-state index contributed by atoms with van der Waals surface area (Å²) in [4.78, 5) is 29.0. The molecule has 0 aliphatic heterocycles. The SMILES string of the molecule is O=C(Cc1ccc(C(F)(F)F)cc1)NCc1cc(=O)n2[nH]c(C(F)(F)F)c(-c3cccs3)c2n1. The number of alkyl halides is 6. The van der Waals surface area contributed by atoms with Crippen LogP contribution in [-0.2, 0) is 30.1 Å². The molecule has 0 atom stereocenters. The van der Waals surface area contributed by atoms with Crippen LogP contribution in [0.2, 0.25) is 0 Å². The number of hydrogen-bond donors (Lipinski definition) is 2. The van der Waals surface area contributed by atoms with E-state index < -0.39 is 35.1 Å². The van der Waals surface area contributed by atoms with E-state index in [9.17, 15) is 35.9 Å². The largest absolute Gasteiger partial charge is 0.433 e. The van der Waals surface area contributed by atoms with Gasteiger partial charge in [-0.25, -0.2) is 9.50 Å². The van der Waals surface area contributed by atoms with Crippen molar-refractivity contribution in [2.75, 3.05) is 0 Å². The van der Waals surface area contributed by atoms with E-state index >= 15 is 0 Å². The minimum absolute atomic E-state index is 0.0244. The summed E-state index contributed by atoms with van der Waals surface area (Å²) >= 11 is 1.04. The molecule has 0 radical (unpaired) electrons. The first-order valence-electron chi connectivity index (χ1n) is 9.62. The van der Waals surface area contributed by atoms with Crippen molar-refractivity contribution in [1.82, 2.24) is 19.9 Å². The minimum atomic E-state index is -4.77. The molecule has 0 aliphatic rings. The molecule has 2 N–H and O–H groups in total. The number of nitrogens with one attached hydrogen (secondary N) is 2.